The van der Waals surface area contributed by atoms with Crippen LogP contribution in [0.2, 0.25) is 0 Å². The molecule has 1 aromatic heterocycles. The molecular formula is C21H16FN3O4S. The van der Waals surface area contributed by atoms with E-state index in [0.717, 1.165) is 11.0 Å². The molecule has 1 N–H and O–H groups in total. The number of halogens is 1. The van der Waals surface area contributed by atoms with Crippen molar-refractivity contribution in [2.24, 2.45) is 0 Å². The van der Waals surface area contributed by atoms with Crippen molar-refractivity contribution >= 4 is 27.5 Å². The Hall–Kier alpha value is -3.59. The zero-order valence-corrected chi connectivity index (χ0v) is 16.6. The van der Waals surface area contributed by atoms with E-state index in [1.165, 1.54) is 48.7 Å². The summed E-state index contributed by atoms with van der Waals surface area (Å²) in [4.78, 5) is 29.8. The molecule has 0 bridgehead atoms. The SMILES string of the molecule is Cc1ccc(NS(=O)(=O)c2ccc(CN3C(=O)c4cccnc4C3=O)cc2)cc1F. The number of imide groups is 1. The summed E-state index contributed by atoms with van der Waals surface area (Å²) in [5, 5.41) is 0. The number of hydrogen-bond acceptors (Lipinski definition) is 5. The van der Waals surface area contributed by atoms with Crippen molar-refractivity contribution in [1.29, 1.82) is 0 Å². The van der Waals surface area contributed by atoms with Gasteiger partial charge in [0, 0.05) is 6.20 Å². The Bertz CT molecular complexity index is 1240. The Morgan fingerprint density at radius 2 is 1.77 bits per heavy atom. The van der Waals surface area contributed by atoms with Crippen LogP contribution in [0.15, 0.2) is 65.7 Å². The van der Waals surface area contributed by atoms with Gasteiger partial charge in [-0.05, 0) is 54.4 Å². The van der Waals surface area contributed by atoms with Crippen LogP contribution in [0.1, 0.15) is 32.0 Å². The Labute approximate surface area is 172 Å². The van der Waals surface area contributed by atoms with Crippen molar-refractivity contribution in [2.45, 2.75) is 18.4 Å². The number of anilines is 1. The molecule has 3 aromatic rings. The van der Waals surface area contributed by atoms with Gasteiger partial charge in [0.15, 0.2) is 0 Å². The molecule has 1 aliphatic rings. The van der Waals surface area contributed by atoms with Gasteiger partial charge in [-0.2, -0.15) is 0 Å². The Morgan fingerprint density at radius 1 is 1.03 bits per heavy atom. The molecule has 2 aromatic carbocycles. The third-order valence-corrected chi connectivity index (χ3v) is 6.13. The van der Waals surface area contributed by atoms with E-state index in [0.29, 0.717) is 11.1 Å². The minimum atomic E-state index is -3.93. The van der Waals surface area contributed by atoms with Crippen molar-refractivity contribution in [3.05, 3.63) is 89.0 Å². The summed E-state index contributed by atoms with van der Waals surface area (Å²) in [5.74, 6) is -1.45. The maximum absolute atomic E-state index is 13.7. The number of sulfonamides is 1. The lowest BCUT2D eigenvalue weighted by atomic mass is 10.2. The van der Waals surface area contributed by atoms with Gasteiger partial charge < -0.3 is 0 Å². The number of nitrogens with one attached hydrogen (secondary N) is 1. The number of aromatic nitrogens is 1. The fourth-order valence-electron chi connectivity index (χ4n) is 3.08. The van der Waals surface area contributed by atoms with Gasteiger partial charge in [0.05, 0.1) is 22.7 Å². The fourth-order valence-corrected chi connectivity index (χ4v) is 4.13. The van der Waals surface area contributed by atoms with Crippen LogP contribution in [-0.2, 0) is 16.6 Å². The molecule has 0 fully saturated rings. The van der Waals surface area contributed by atoms with E-state index in [-0.39, 0.29) is 28.4 Å². The van der Waals surface area contributed by atoms with Crippen molar-refractivity contribution in [3.63, 3.8) is 0 Å². The third kappa shape index (κ3) is 3.55. The molecule has 0 saturated carbocycles. The number of aryl methyl sites for hydroxylation is 1. The second-order valence-electron chi connectivity index (χ2n) is 6.81. The number of fused-ring (bicyclic) bond motifs is 1. The lowest BCUT2D eigenvalue weighted by molar-refractivity contribution is 0.0640. The average molecular weight is 425 g/mol. The molecule has 0 saturated heterocycles. The monoisotopic (exact) mass is 425 g/mol. The largest absolute Gasteiger partial charge is 0.280 e. The normalized spacial score (nSPS) is 13.5. The number of nitrogens with zero attached hydrogens (tertiary/aromatic N) is 2. The van der Waals surface area contributed by atoms with E-state index in [4.69, 9.17) is 0 Å². The summed E-state index contributed by atoms with van der Waals surface area (Å²) in [6.07, 6.45) is 1.44. The molecule has 30 heavy (non-hydrogen) atoms. The standard InChI is InChI=1S/C21H16FN3O4S/c1-13-4-7-15(11-18(13)22)24-30(28,29)16-8-5-14(6-9-16)12-25-20(26)17-3-2-10-23-19(17)21(25)27/h2-11,24H,12H2,1H3. The quantitative estimate of drug-likeness (QED) is 0.634. The van der Waals surface area contributed by atoms with Crippen molar-refractivity contribution < 1.29 is 22.4 Å². The lowest BCUT2D eigenvalue weighted by Crippen LogP contribution is -2.29. The molecule has 0 unspecified atom stereocenters. The summed E-state index contributed by atoms with van der Waals surface area (Å²) in [5.41, 5.74) is 1.45. The summed E-state index contributed by atoms with van der Waals surface area (Å²) in [7, 11) is -3.93. The van der Waals surface area contributed by atoms with E-state index < -0.39 is 27.7 Å². The van der Waals surface area contributed by atoms with Gasteiger partial charge >= 0.3 is 0 Å². The fraction of sp³-hybridized carbons (Fsp3) is 0.0952. The molecule has 0 spiro atoms. The predicted molar refractivity (Wildman–Crippen MR) is 107 cm³/mol. The molecule has 2 heterocycles. The Kier molecular flexibility index (Phi) is 4.83. The topological polar surface area (TPSA) is 96.4 Å². The van der Waals surface area contributed by atoms with Gasteiger partial charge in [-0.1, -0.05) is 18.2 Å². The minimum Gasteiger partial charge on any atom is -0.280 e. The molecule has 9 heteroatoms. The van der Waals surface area contributed by atoms with Crippen molar-refractivity contribution in [3.8, 4) is 0 Å². The van der Waals surface area contributed by atoms with Crippen LogP contribution in [-0.4, -0.2) is 30.1 Å². The summed E-state index contributed by atoms with van der Waals surface area (Å²) in [6, 6.07) is 12.9. The lowest BCUT2D eigenvalue weighted by Gasteiger charge is -2.14. The second-order valence-corrected chi connectivity index (χ2v) is 8.49. The smallest absolute Gasteiger partial charge is 0.280 e. The second kappa shape index (κ2) is 7.34. The molecule has 4 rings (SSSR count). The maximum Gasteiger partial charge on any atom is 0.280 e. The van der Waals surface area contributed by atoms with Gasteiger partial charge in [0.2, 0.25) is 0 Å². The highest BCUT2D eigenvalue weighted by Crippen LogP contribution is 2.24. The maximum atomic E-state index is 13.7. The van der Waals surface area contributed by atoms with E-state index in [9.17, 15) is 22.4 Å². The van der Waals surface area contributed by atoms with Gasteiger partial charge in [-0.3, -0.25) is 24.2 Å². The summed E-state index contributed by atoms with van der Waals surface area (Å²) >= 11 is 0. The number of benzene rings is 2. The number of amides is 2. The van der Waals surface area contributed by atoms with Crippen molar-refractivity contribution in [1.82, 2.24) is 9.88 Å². The van der Waals surface area contributed by atoms with E-state index >= 15 is 0 Å². The average Bonchev–Trinajstić information content (AvgIpc) is 2.96. The van der Waals surface area contributed by atoms with Crippen LogP contribution in [0, 0.1) is 12.7 Å². The van der Waals surface area contributed by atoms with E-state index in [2.05, 4.69) is 9.71 Å². The van der Waals surface area contributed by atoms with E-state index in [1.54, 1.807) is 13.0 Å². The van der Waals surface area contributed by atoms with Gasteiger partial charge in [-0.25, -0.2) is 12.8 Å². The zero-order valence-electron chi connectivity index (χ0n) is 15.8. The third-order valence-electron chi connectivity index (χ3n) is 4.73. The molecule has 0 aliphatic carbocycles. The van der Waals surface area contributed by atoms with Gasteiger partial charge in [0.25, 0.3) is 21.8 Å². The molecule has 7 nitrogen and oxygen atoms in total. The van der Waals surface area contributed by atoms with Crippen LogP contribution in [0.4, 0.5) is 10.1 Å². The summed E-state index contributed by atoms with van der Waals surface area (Å²) < 4.78 is 41.1. The number of hydrogen-bond donors (Lipinski definition) is 1. The first-order valence-corrected chi connectivity index (χ1v) is 10.4. The number of pyridine rings is 1. The first-order chi connectivity index (χ1) is 14.3. The summed E-state index contributed by atoms with van der Waals surface area (Å²) in [6.45, 7) is 1.57. The van der Waals surface area contributed by atoms with Crippen LogP contribution in [0.3, 0.4) is 0 Å². The highest BCUT2D eigenvalue weighted by molar-refractivity contribution is 7.92. The predicted octanol–water partition coefficient (Wildman–Crippen LogP) is 3.13. The Morgan fingerprint density at radius 3 is 2.43 bits per heavy atom. The number of carbonyl (C=O) groups is 2. The molecular weight excluding hydrogens is 409 g/mol. The molecule has 0 radical (unpaired) electrons. The van der Waals surface area contributed by atoms with Crippen LogP contribution in [0.25, 0.3) is 0 Å². The number of rotatable bonds is 5. The first-order valence-electron chi connectivity index (χ1n) is 8.95. The number of carbonyl (C=O) groups excluding carboxylic acids is 2. The van der Waals surface area contributed by atoms with E-state index in [1.807, 2.05) is 0 Å². The molecule has 152 valence electrons. The van der Waals surface area contributed by atoms with Crippen LogP contribution < -0.4 is 4.72 Å². The van der Waals surface area contributed by atoms with Gasteiger partial charge in [-0.15, -0.1) is 0 Å². The van der Waals surface area contributed by atoms with Crippen LogP contribution in [0.5, 0.6) is 0 Å². The minimum absolute atomic E-state index is 0.00897. The first kappa shape index (κ1) is 19.7. The van der Waals surface area contributed by atoms with Crippen molar-refractivity contribution in [2.75, 3.05) is 4.72 Å². The van der Waals surface area contributed by atoms with Crippen LogP contribution >= 0.6 is 0 Å². The zero-order chi connectivity index (χ0) is 21.5. The Balaban J connectivity index is 1.51. The molecule has 1 aliphatic heterocycles. The molecule has 0 atom stereocenters. The highest BCUT2D eigenvalue weighted by Gasteiger charge is 2.36. The molecule has 2 amide bonds. The van der Waals surface area contributed by atoms with Gasteiger partial charge in [0.1, 0.15) is 11.5 Å². The highest BCUT2D eigenvalue weighted by atomic mass is 32.2.